The smallest absolute Gasteiger partial charge is 0.208 e. The molecule has 2 heterocycles. The molecule has 42 heavy (non-hydrogen) atoms. The van der Waals surface area contributed by atoms with Gasteiger partial charge in [0, 0.05) is 37.4 Å². The molecule has 2 aromatic carbocycles. The van der Waals surface area contributed by atoms with Gasteiger partial charge in [-0.05, 0) is 37.1 Å². The first-order valence-electron chi connectivity index (χ1n) is 13.7. The molecule has 11 heteroatoms. The van der Waals surface area contributed by atoms with Crippen LogP contribution < -0.4 is 28.4 Å². The van der Waals surface area contributed by atoms with E-state index in [1.54, 1.807) is 31.5 Å². The molecule has 0 bridgehead atoms. The minimum absolute atomic E-state index is 0.00658. The van der Waals surface area contributed by atoms with E-state index in [4.69, 9.17) is 33.2 Å². The van der Waals surface area contributed by atoms with Crippen LogP contribution in [0.2, 0.25) is 0 Å². The lowest BCUT2D eigenvalue weighted by Gasteiger charge is -2.29. The topological polar surface area (TPSA) is 95.6 Å². The van der Waals surface area contributed by atoms with Crippen molar-refractivity contribution in [1.82, 2.24) is 4.57 Å². The third kappa shape index (κ3) is 6.11. The van der Waals surface area contributed by atoms with Gasteiger partial charge in [-0.1, -0.05) is 0 Å². The molecule has 1 unspecified atom stereocenters. The van der Waals surface area contributed by atoms with E-state index in [1.807, 2.05) is 22.9 Å². The summed E-state index contributed by atoms with van der Waals surface area (Å²) in [7, 11) is 6.08. The van der Waals surface area contributed by atoms with Crippen molar-refractivity contribution in [2.45, 2.75) is 31.9 Å². The summed E-state index contributed by atoms with van der Waals surface area (Å²) < 4.78 is 56.9. The average molecular weight is 583 g/mol. The minimum atomic E-state index is -0.544. The fourth-order valence-electron chi connectivity index (χ4n) is 5.31. The molecule has 1 aliphatic carbocycles. The van der Waals surface area contributed by atoms with Crippen molar-refractivity contribution < 1.29 is 42.3 Å². The van der Waals surface area contributed by atoms with Crippen LogP contribution >= 0.6 is 0 Å². The van der Waals surface area contributed by atoms with Crippen molar-refractivity contribution >= 4 is 6.21 Å². The Morgan fingerprint density at radius 1 is 0.905 bits per heavy atom. The van der Waals surface area contributed by atoms with Gasteiger partial charge in [0.05, 0.1) is 53.7 Å². The molecule has 2 aliphatic rings. The van der Waals surface area contributed by atoms with Gasteiger partial charge >= 0.3 is 0 Å². The van der Waals surface area contributed by atoms with E-state index in [9.17, 15) is 9.60 Å². The van der Waals surface area contributed by atoms with Crippen molar-refractivity contribution in [1.29, 1.82) is 0 Å². The molecular formula is C31H35FN2O8. The van der Waals surface area contributed by atoms with Crippen LogP contribution in [0, 0.1) is 16.9 Å². The van der Waals surface area contributed by atoms with E-state index in [-0.39, 0.29) is 17.8 Å². The van der Waals surface area contributed by atoms with Crippen LogP contribution in [0.1, 0.15) is 25.0 Å². The lowest BCUT2D eigenvalue weighted by Crippen LogP contribution is -2.34. The van der Waals surface area contributed by atoms with Gasteiger partial charge in [0.1, 0.15) is 22.9 Å². The van der Waals surface area contributed by atoms with E-state index in [2.05, 4.69) is 0 Å². The minimum Gasteiger partial charge on any atom is -0.618 e. The van der Waals surface area contributed by atoms with Crippen molar-refractivity contribution in [3.63, 3.8) is 0 Å². The van der Waals surface area contributed by atoms with Gasteiger partial charge in [0.2, 0.25) is 12.0 Å². The number of fused-ring (bicyclic) bond motifs is 2. The summed E-state index contributed by atoms with van der Waals surface area (Å²) in [5, 5.41) is 12.9. The highest BCUT2D eigenvalue weighted by molar-refractivity contribution is 5.78. The summed E-state index contributed by atoms with van der Waals surface area (Å²) in [5.74, 6) is 2.00. The average Bonchev–Trinajstić information content (AvgIpc) is 3.32. The van der Waals surface area contributed by atoms with Gasteiger partial charge in [0.15, 0.2) is 28.8 Å². The zero-order valence-corrected chi connectivity index (χ0v) is 24.1. The molecule has 224 valence electrons. The molecule has 0 radical (unpaired) electrons. The quantitative estimate of drug-likeness (QED) is 0.156. The SMILES string of the molecule is COc1cc(Oc2cc(OCCCOC3CCC=C4[C@@H]3Cn3ccc(OC)c3C=[N+]4[O-])ccc2F)cc(OC)c1OC. The number of aromatic nitrogens is 1. The summed E-state index contributed by atoms with van der Waals surface area (Å²) in [5.41, 5.74) is 1.47. The first kappa shape index (κ1) is 29.1. The number of hydrogen-bond donors (Lipinski definition) is 0. The van der Waals surface area contributed by atoms with Gasteiger partial charge in [0.25, 0.3) is 0 Å². The van der Waals surface area contributed by atoms with Gasteiger partial charge in [-0.2, -0.15) is 4.74 Å². The molecule has 2 atom stereocenters. The van der Waals surface area contributed by atoms with Crippen molar-refractivity contribution in [2.75, 3.05) is 41.7 Å². The van der Waals surface area contributed by atoms with Crippen LogP contribution in [0.3, 0.4) is 0 Å². The van der Waals surface area contributed by atoms with Crippen molar-refractivity contribution in [3.05, 3.63) is 71.1 Å². The molecule has 5 rings (SSSR count). The molecule has 0 saturated heterocycles. The largest absolute Gasteiger partial charge is 0.618 e. The van der Waals surface area contributed by atoms with Crippen LogP contribution in [0.4, 0.5) is 4.39 Å². The van der Waals surface area contributed by atoms with E-state index < -0.39 is 5.82 Å². The Morgan fingerprint density at radius 3 is 2.36 bits per heavy atom. The molecular weight excluding hydrogens is 547 g/mol. The van der Waals surface area contributed by atoms with Crippen LogP contribution in [0.5, 0.6) is 40.2 Å². The van der Waals surface area contributed by atoms with Crippen LogP contribution in [-0.4, -0.2) is 63.3 Å². The van der Waals surface area contributed by atoms with E-state index in [0.717, 1.165) is 29.0 Å². The summed E-state index contributed by atoms with van der Waals surface area (Å²) in [6, 6.07) is 9.36. The highest BCUT2D eigenvalue weighted by atomic mass is 19.1. The molecule has 0 saturated carbocycles. The Hall–Kier alpha value is -4.38. The number of rotatable bonds is 12. The van der Waals surface area contributed by atoms with E-state index >= 15 is 0 Å². The molecule has 10 nitrogen and oxygen atoms in total. The van der Waals surface area contributed by atoms with E-state index in [1.165, 1.54) is 33.5 Å². The van der Waals surface area contributed by atoms with Crippen LogP contribution in [0.25, 0.3) is 0 Å². The number of hydroxylamine groups is 1. The molecule has 1 aromatic heterocycles. The summed E-state index contributed by atoms with van der Waals surface area (Å²) in [4.78, 5) is 0. The van der Waals surface area contributed by atoms with Crippen molar-refractivity contribution in [3.8, 4) is 40.2 Å². The zero-order chi connectivity index (χ0) is 29.6. The fourth-order valence-corrected chi connectivity index (χ4v) is 5.31. The maximum Gasteiger partial charge on any atom is 0.208 e. The summed E-state index contributed by atoms with van der Waals surface area (Å²) >= 11 is 0. The Labute approximate surface area is 244 Å². The number of ether oxygens (including phenoxy) is 7. The Kier molecular flexibility index (Phi) is 9.06. The number of methoxy groups -OCH3 is 4. The lowest BCUT2D eigenvalue weighted by molar-refractivity contribution is -0.409. The molecule has 3 aromatic rings. The monoisotopic (exact) mass is 582 g/mol. The van der Waals surface area contributed by atoms with Crippen molar-refractivity contribution in [2.24, 2.45) is 5.92 Å². The zero-order valence-electron chi connectivity index (χ0n) is 24.1. The first-order chi connectivity index (χ1) is 20.4. The highest BCUT2D eigenvalue weighted by Crippen LogP contribution is 2.42. The highest BCUT2D eigenvalue weighted by Gasteiger charge is 2.37. The summed E-state index contributed by atoms with van der Waals surface area (Å²) in [6.07, 6.45) is 7.62. The van der Waals surface area contributed by atoms with Gasteiger partial charge in [-0.25, -0.2) is 4.39 Å². The predicted octanol–water partition coefficient (Wildman–Crippen LogP) is 5.54. The third-order valence-corrected chi connectivity index (χ3v) is 7.37. The maximum absolute atomic E-state index is 14.6. The van der Waals surface area contributed by atoms with Crippen LogP contribution in [0.15, 0.2) is 54.4 Å². The normalized spacial score (nSPS) is 17.6. The van der Waals surface area contributed by atoms with E-state index in [0.29, 0.717) is 60.7 Å². The third-order valence-electron chi connectivity index (χ3n) is 7.37. The van der Waals surface area contributed by atoms with Gasteiger partial charge in [-0.3, -0.25) is 0 Å². The second kappa shape index (κ2) is 13.1. The Balaban J connectivity index is 1.17. The number of nitrogens with zero attached hydrogens (tertiary/aromatic N) is 2. The summed E-state index contributed by atoms with van der Waals surface area (Å²) in [6.45, 7) is 1.44. The van der Waals surface area contributed by atoms with Crippen LogP contribution in [-0.2, 0) is 11.3 Å². The molecule has 0 amide bonds. The number of allylic oxidation sites excluding steroid dienone is 1. The molecule has 0 N–H and O–H groups in total. The molecule has 0 spiro atoms. The number of hydrogen-bond acceptors (Lipinski definition) is 8. The van der Waals surface area contributed by atoms with Gasteiger partial charge < -0.3 is 42.9 Å². The van der Waals surface area contributed by atoms with Gasteiger partial charge in [-0.15, -0.1) is 0 Å². The standard InChI is InChI=1S/C31H35FN2O8/c1-36-27-11-12-33-18-22-24(34(35)19-25(27)33)7-5-8-26(22)41-14-6-13-40-20-9-10-23(32)28(15-20)42-21-16-29(37-2)31(39-4)30(17-21)38-3/h7,9-12,15-17,19,22,26H,5-6,8,13-14,18H2,1-4H3/t22-,26?/m0/s1. The second-order valence-corrected chi connectivity index (χ2v) is 9.86. The number of halogens is 1. The fraction of sp³-hybridized carbons (Fsp3) is 0.387. The molecule has 1 aliphatic heterocycles. The maximum atomic E-state index is 14.6. The molecule has 0 fully saturated rings. The Morgan fingerprint density at radius 2 is 1.64 bits per heavy atom. The number of benzene rings is 2. The first-order valence-corrected chi connectivity index (χ1v) is 13.7. The lowest BCUT2D eigenvalue weighted by atomic mass is 9.89. The predicted molar refractivity (Wildman–Crippen MR) is 153 cm³/mol. The second-order valence-electron chi connectivity index (χ2n) is 9.86. The Bertz CT molecular complexity index is 1440.